The quantitative estimate of drug-likeness (QED) is 0.629. The molecule has 3 heterocycles. The number of anilines is 1. The molecule has 2 aliphatic heterocycles. The molecule has 3 N–H and O–H groups in total. The molecule has 1 saturated heterocycles. The summed E-state index contributed by atoms with van der Waals surface area (Å²) in [6.45, 7) is 0. The number of nitrogens with two attached hydrogens (primary N) is 1. The van der Waals surface area contributed by atoms with Crippen LogP contribution in [0.25, 0.3) is 0 Å². The summed E-state index contributed by atoms with van der Waals surface area (Å²) < 4.78 is 0. The van der Waals surface area contributed by atoms with Gasteiger partial charge >= 0.3 is 0 Å². The standard InChI is InChI=1S/C8H11N3S/c9-8-11-6-3-4-1-2-5(10-4)7(6)12-8/h4-5,10H,1-3H2,(H2,9,11). The minimum atomic E-state index is 0.563. The van der Waals surface area contributed by atoms with Crippen LogP contribution >= 0.6 is 11.3 Å². The fourth-order valence-electron chi connectivity index (χ4n) is 2.22. The van der Waals surface area contributed by atoms with Gasteiger partial charge in [0.05, 0.1) is 5.69 Å². The van der Waals surface area contributed by atoms with Crippen LogP contribution in [0, 0.1) is 0 Å². The zero-order valence-corrected chi connectivity index (χ0v) is 7.53. The predicted molar refractivity (Wildman–Crippen MR) is 49.1 cm³/mol. The smallest absolute Gasteiger partial charge is 0.180 e. The van der Waals surface area contributed by atoms with Gasteiger partial charge in [-0.3, -0.25) is 0 Å². The van der Waals surface area contributed by atoms with Crippen LogP contribution in [0.5, 0.6) is 0 Å². The highest BCUT2D eigenvalue weighted by Crippen LogP contribution is 2.39. The molecule has 0 aliphatic carbocycles. The maximum absolute atomic E-state index is 5.67. The van der Waals surface area contributed by atoms with E-state index in [4.69, 9.17) is 5.73 Å². The van der Waals surface area contributed by atoms with E-state index < -0.39 is 0 Å². The maximum Gasteiger partial charge on any atom is 0.180 e. The van der Waals surface area contributed by atoms with E-state index in [2.05, 4.69) is 10.3 Å². The highest BCUT2D eigenvalue weighted by Gasteiger charge is 2.34. The number of thiazole rings is 1. The van der Waals surface area contributed by atoms with Crippen LogP contribution in [0.1, 0.15) is 29.5 Å². The summed E-state index contributed by atoms with van der Waals surface area (Å²) in [6.07, 6.45) is 3.65. The van der Waals surface area contributed by atoms with Gasteiger partial charge in [-0.2, -0.15) is 0 Å². The number of hydrogen-bond acceptors (Lipinski definition) is 4. The molecule has 4 heteroatoms. The Morgan fingerprint density at radius 3 is 3.33 bits per heavy atom. The molecule has 0 spiro atoms. The average molecular weight is 181 g/mol. The SMILES string of the molecule is Nc1nc2c(s1)C1CCC(C2)N1. The second-order valence-corrected chi connectivity index (χ2v) is 4.62. The van der Waals surface area contributed by atoms with Crippen molar-refractivity contribution >= 4 is 16.5 Å². The van der Waals surface area contributed by atoms with E-state index in [1.165, 1.54) is 23.4 Å². The molecular weight excluding hydrogens is 170 g/mol. The van der Waals surface area contributed by atoms with Gasteiger partial charge in [-0.25, -0.2) is 4.98 Å². The number of fused-ring (bicyclic) bond motifs is 4. The lowest BCUT2D eigenvalue weighted by molar-refractivity contribution is 0.516. The van der Waals surface area contributed by atoms with Crippen molar-refractivity contribution in [1.82, 2.24) is 10.3 Å². The van der Waals surface area contributed by atoms with Gasteiger partial charge in [0.25, 0.3) is 0 Å². The fourth-order valence-corrected chi connectivity index (χ4v) is 3.18. The van der Waals surface area contributed by atoms with Crippen molar-refractivity contribution in [3.63, 3.8) is 0 Å². The van der Waals surface area contributed by atoms with Crippen molar-refractivity contribution in [2.24, 2.45) is 0 Å². The number of hydrogen-bond donors (Lipinski definition) is 2. The van der Waals surface area contributed by atoms with E-state index in [9.17, 15) is 0 Å². The van der Waals surface area contributed by atoms with Gasteiger partial charge in [0, 0.05) is 23.4 Å². The van der Waals surface area contributed by atoms with Crippen LogP contribution in [0.15, 0.2) is 0 Å². The molecule has 1 aromatic heterocycles. The summed E-state index contributed by atoms with van der Waals surface area (Å²) in [5, 5.41) is 4.31. The maximum atomic E-state index is 5.67. The minimum Gasteiger partial charge on any atom is -0.375 e. The Morgan fingerprint density at radius 2 is 2.42 bits per heavy atom. The van der Waals surface area contributed by atoms with E-state index in [-0.39, 0.29) is 0 Å². The second kappa shape index (κ2) is 2.20. The Kier molecular flexibility index (Phi) is 1.26. The predicted octanol–water partition coefficient (Wildman–Crippen LogP) is 1.07. The summed E-state index contributed by atoms with van der Waals surface area (Å²) in [5.74, 6) is 0. The average Bonchev–Trinajstić information content (AvgIpc) is 2.57. The molecule has 12 heavy (non-hydrogen) atoms. The highest BCUT2D eigenvalue weighted by molar-refractivity contribution is 7.15. The van der Waals surface area contributed by atoms with Crippen LogP contribution in [-0.2, 0) is 6.42 Å². The first kappa shape index (κ1) is 6.86. The lowest BCUT2D eigenvalue weighted by atomic mass is 10.1. The molecule has 2 atom stereocenters. The van der Waals surface area contributed by atoms with Gasteiger partial charge in [0.1, 0.15) is 0 Å². The Balaban J connectivity index is 2.11. The van der Waals surface area contributed by atoms with Crippen molar-refractivity contribution in [3.8, 4) is 0 Å². The van der Waals surface area contributed by atoms with Gasteiger partial charge in [-0.05, 0) is 12.8 Å². The Hall–Kier alpha value is -0.610. The van der Waals surface area contributed by atoms with Crippen molar-refractivity contribution in [2.45, 2.75) is 31.3 Å². The van der Waals surface area contributed by atoms with E-state index in [0.717, 1.165) is 11.6 Å². The molecule has 2 unspecified atom stereocenters. The number of nitrogen functional groups attached to an aromatic ring is 1. The van der Waals surface area contributed by atoms with Crippen LogP contribution in [0.2, 0.25) is 0 Å². The lowest BCUT2D eigenvalue weighted by Gasteiger charge is -2.19. The summed E-state index contributed by atoms with van der Waals surface area (Å²) in [6, 6.07) is 1.23. The Bertz CT molecular complexity index is 320. The molecule has 1 aromatic rings. The molecule has 0 saturated carbocycles. The molecule has 3 nitrogen and oxygen atoms in total. The highest BCUT2D eigenvalue weighted by atomic mass is 32.1. The summed E-state index contributed by atoms with van der Waals surface area (Å²) in [4.78, 5) is 5.74. The molecule has 2 bridgehead atoms. The molecule has 2 aliphatic rings. The van der Waals surface area contributed by atoms with Crippen molar-refractivity contribution in [2.75, 3.05) is 5.73 Å². The third-order valence-corrected chi connectivity index (χ3v) is 3.78. The monoisotopic (exact) mass is 181 g/mol. The molecule has 0 aromatic carbocycles. The first-order valence-electron chi connectivity index (χ1n) is 4.34. The van der Waals surface area contributed by atoms with Gasteiger partial charge in [0.2, 0.25) is 0 Å². The fraction of sp³-hybridized carbons (Fsp3) is 0.625. The number of nitrogens with zero attached hydrogens (tertiary/aromatic N) is 1. The lowest BCUT2D eigenvalue weighted by Crippen LogP contribution is -2.30. The minimum absolute atomic E-state index is 0.563. The van der Waals surface area contributed by atoms with Crippen LogP contribution in [0.4, 0.5) is 5.13 Å². The molecular formula is C8H11N3S. The topological polar surface area (TPSA) is 50.9 Å². The number of nitrogens with one attached hydrogen (secondary N) is 1. The number of rotatable bonds is 0. The molecule has 64 valence electrons. The molecule has 1 fully saturated rings. The van der Waals surface area contributed by atoms with Crippen molar-refractivity contribution in [1.29, 1.82) is 0 Å². The van der Waals surface area contributed by atoms with Gasteiger partial charge < -0.3 is 11.1 Å². The van der Waals surface area contributed by atoms with Crippen molar-refractivity contribution in [3.05, 3.63) is 10.6 Å². The summed E-state index contributed by atoms with van der Waals surface area (Å²) in [7, 11) is 0. The number of aromatic nitrogens is 1. The molecule has 0 amide bonds. The zero-order chi connectivity index (χ0) is 8.13. The first-order valence-corrected chi connectivity index (χ1v) is 5.15. The van der Waals surface area contributed by atoms with E-state index in [0.29, 0.717) is 12.1 Å². The van der Waals surface area contributed by atoms with Gasteiger partial charge in [-0.15, -0.1) is 11.3 Å². The normalized spacial score (nSPS) is 32.0. The van der Waals surface area contributed by atoms with E-state index in [1.807, 2.05) is 0 Å². The largest absolute Gasteiger partial charge is 0.375 e. The first-order chi connectivity index (χ1) is 5.83. The van der Waals surface area contributed by atoms with Crippen LogP contribution in [-0.4, -0.2) is 11.0 Å². The van der Waals surface area contributed by atoms with Crippen molar-refractivity contribution < 1.29 is 0 Å². The third kappa shape index (κ3) is 0.820. The van der Waals surface area contributed by atoms with Crippen LogP contribution in [0.3, 0.4) is 0 Å². The van der Waals surface area contributed by atoms with E-state index >= 15 is 0 Å². The third-order valence-electron chi connectivity index (χ3n) is 2.74. The zero-order valence-electron chi connectivity index (χ0n) is 6.71. The van der Waals surface area contributed by atoms with Gasteiger partial charge in [0.15, 0.2) is 5.13 Å². The summed E-state index contributed by atoms with van der Waals surface area (Å²) >= 11 is 1.65. The molecule has 3 rings (SSSR count). The second-order valence-electron chi connectivity index (χ2n) is 3.56. The van der Waals surface area contributed by atoms with E-state index in [1.54, 1.807) is 11.3 Å². The molecule has 0 radical (unpaired) electrons. The summed E-state index contributed by atoms with van der Waals surface area (Å²) in [5.41, 5.74) is 6.92. The van der Waals surface area contributed by atoms with Crippen LogP contribution < -0.4 is 11.1 Å². The Morgan fingerprint density at radius 1 is 1.50 bits per heavy atom. The Labute approximate surface area is 75.0 Å². The van der Waals surface area contributed by atoms with Gasteiger partial charge in [-0.1, -0.05) is 0 Å².